The topological polar surface area (TPSA) is 116 Å². The average molecular weight is 268 g/mol. The van der Waals surface area contributed by atoms with Gasteiger partial charge in [-0.25, -0.2) is 0 Å². The number of hydrogen-bond donors (Lipinski definition) is 3. The third-order valence-corrected chi connectivity index (χ3v) is 3.96. The van der Waals surface area contributed by atoms with Crippen LogP contribution in [-0.4, -0.2) is 47.2 Å². The van der Waals surface area contributed by atoms with Gasteiger partial charge in [-0.1, -0.05) is 21.6 Å². The molecule has 0 fully saturated rings. The summed E-state index contributed by atoms with van der Waals surface area (Å²) in [6.45, 7) is 2.01. The Bertz CT molecular complexity index is 240. The van der Waals surface area contributed by atoms with Crippen molar-refractivity contribution in [3.63, 3.8) is 0 Å². The Balaban J connectivity index is 3.58. The van der Waals surface area contributed by atoms with Crippen molar-refractivity contribution in [2.24, 2.45) is 11.5 Å². The summed E-state index contributed by atoms with van der Waals surface area (Å²) in [6, 6.07) is -1.57. The molecule has 6 nitrogen and oxygen atoms in total. The van der Waals surface area contributed by atoms with Crippen LogP contribution < -0.4 is 11.5 Å². The van der Waals surface area contributed by atoms with Crippen LogP contribution >= 0.6 is 21.6 Å². The number of carbonyl (C=O) groups excluding carboxylic acids is 1. The lowest BCUT2D eigenvalue weighted by atomic mass is 10.4. The largest absolute Gasteiger partial charge is 0.480 e. The monoisotopic (exact) mass is 268 g/mol. The molecule has 0 bridgehead atoms. The smallest absolute Gasteiger partial charge is 0.323 e. The Morgan fingerprint density at radius 3 is 2.19 bits per heavy atom. The highest BCUT2D eigenvalue weighted by molar-refractivity contribution is 8.76. The Kier molecular flexibility index (Phi) is 8.44. The molecular formula is C8H16N2O4S2. The number of ether oxygens (including phenoxy) is 1. The quantitative estimate of drug-likeness (QED) is 0.311. The minimum absolute atomic E-state index is 0.273. The van der Waals surface area contributed by atoms with Crippen LogP contribution in [0.5, 0.6) is 0 Å². The van der Waals surface area contributed by atoms with Crippen LogP contribution in [0, 0.1) is 0 Å². The molecule has 94 valence electrons. The number of esters is 1. The van der Waals surface area contributed by atoms with Crippen LogP contribution in [0.15, 0.2) is 0 Å². The molecular weight excluding hydrogens is 252 g/mol. The molecule has 0 amide bonds. The fourth-order valence-corrected chi connectivity index (χ4v) is 2.85. The van der Waals surface area contributed by atoms with Crippen molar-refractivity contribution in [2.75, 3.05) is 18.1 Å². The molecule has 0 spiro atoms. The number of hydrogen-bond acceptors (Lipinski definition) is 7. The summed E-state index contributed by atoms with van der Waals surface area (Å²) < 4.78 is 4.71. The highest BCUT2D eigenvalue weighted by Gasteiger charge is 2.16. The summed E-state index contributed by atoms with van der Waals surface area (Å²) in [5, 5.41) is 8.50. The predicted octanol–water partition coefficient (Wildman–Crippen LogP) is -0.330. The summed E-state index contributed by atoms with van der Waals surface area (Å²) in [5.41, 5.74) is 10.8. The van der Waals surface area contributed by atoms with E-state index < -0.39 is 24.0 Å². The fourth-order valence-electron chi connectivity index (χ4n) is 0.631. The second kappa shape index (κ2) is 8.68. The van der Waals surface area contributed by atoms with Gasteiger partial charge in [0, 0.05) is 11.5 Å². The highest BCUT2D eigenvalue weighted by atomic mass is 33.1. The maximum absolute atomic E-state index is 11.1. The SMILES string of the molecule is CCOC(=O)C(N)CSSCC(N)C(=O)O. The van der Waals surface area contributed by atoms with Gasteiger partial charge in [-0.15, -0.1) is 0 Å². The summed E-state index contributed by atoms with van der Waals surface area (Å²) in [4.78, 5) is 21.5. The van der Waals surface area contributed by atoms with Crippen LogP contribution in [0.2, 0.25) is 0 Å². The molecule has 8 heteroatoms. The standard InChI is InChI=1S/C8H16N2O4S2/c1-2-14-8(13)6(10)4-16-15-3-5(9)7(11)12/h5-6H,2-4,9-10H2,1H3,(H,11,12). The van der Waals surface area contributed by atoms with E-state index in [1.165, 1.54) is 21.6 Å². The number of aliphatic carboxylic acids is 1. The van der Waals surface area contributed by atoms with E-state index in [9.17, 15) is 9.59 Å². The summed E-state index contributed by atoms with van der Waals surface area (Å²) >= 11 is 0. The first-order valence-electron chi connectivity index (χ1n) is 4.64. The molecule has 0 aromatic heterocycles. The number of carboxylic acids is 1. The van der Waals surface area contributed by atoms with Crippen molar-refractivity contribution < 1.29 is 19.4 Å². The van der Waals surface area contributed by atoms with E-state index in [1.807, 2.05) is 0 Å². The van der Waals surface area contributed by atoms with Gasteiger partial charge < -0.3 is 21.3 Å². The molecule has 0 saturated carbocycles. The zero-order valence-corrected chi connectivity index (χ0v) is 10.6. The van der Waals surface area contributed by atoms with E-state index in [0.717, 1.165) is 0 Å². The summed E-state index contributed by atoms with van der Waals surface area (Å²) in [6.07, 6.45) is 0. The number of rotatable bonds is 8. The molecule has 0 aliphatic carbocycles. The average Bonchev–Trinajstić information content (AvgIpc) is 2.23. The Hall–Kier alpha value is -0.440. The summed E-state index contributed by atoms with van der Waals surface area (Å²) in [7, 11) is 2.59. The normalized spacial score (nSPS) is 14.2. The van der Waals surface area contributed by atoms with Gasteiger partial charge in [-0.2, -0.15) is 0 Å². The lowest BCUT2D eigenvalue weighted by Gasteiger charge is -2.10. The number of nitrogens with two attached hydrogens (primary N) is 2. The van der Waals surface area contributed by atoms with Crippen molar-refractivity contribution in [1.82, 2.24) is 0 Å². The van der Waals surface area contributed by atoms with E-state index in [1.54, 1.807) is 6.92 Å². The molecule has 0 aliphatic rings. The minimum atomic E-state index is -1.04. The van der Waals surface area contributed by atoms with Gasteiger partial charge in [0.1, 0.15) is 12.1 Å². The van der Waals surface area contributed by atoms with Crippen LogP contribution in [0.25, 0.3) is 0 Å². The van der Waals surface area contributed by atoms with Crippen molar-refractivity contribution in [1.29, 1.82) is 0 Å². The second-order valence-electron chi connectivity index (χ2n) is 2.87. The van der Waals surface area contributed by atoms with Gasteiger partial charge in [0.25, 0.3) is 0 Å². The second-order valence-corrected chi connectivity index (χ2v) is 5.42. The zero-order valence-electron chi connectivity index (χ0n) is 8.92. The summed E-state index contributed by atoms with van der Waals surface area (Å²) in [5.74, 6) is -0.841. The number of carboxylic acid groups (broad SMARTS) is 1. The molecule has 0 heterocycles. The Morgan fingerprint density at radius 2 is 1.75 bits per heavy atom. The molecule has 0 saturated heterocycles. The third-order valence-electron chi connectivity index (χ3n) is 1.49. The van der Waals surface area contributed by atoms with Crippen molar-refractivity contribution in [2.45, 2.75) is 19.0 Å². The van der Waals surface area contributed by atoms with Gasteiger partial charge in [-0.05, 0) is 6.92 Å². The van der Waals surface area contributed by atoms with Crippen LogP contribution in [0.1, 0.15) is 6.92 Å². The van der Waals surface area contributed by atoms with Crippen molar-refractivity contribution in [3.8, 4) is 0 Å². The Labute approximate surface area is 102 Å². The predicted molar refractivity (Wildman–Crippen MR) is 65.1 cm³/mol. The van der Waals surface area contributed by atoms with Crippen LogP contribution in [0.3, 0.4) is 0 Å². The first-order chi connectivity index (χ1) is 7.49. The van der Waals surface area contributed by atoms with E-state index in [4.69, 9.17) is 21.3 Å². The first-order valence-corrected chi connectivity index (χ1v) is 7.12. The molecule has 0 rings (SSSR count). The van der Waals surface area contributed by atoms with Crippen LogP contribution in [-0.2, 0) is 14.3 Å². The van der Waals surface area contributed by atoms with E-state index in [0.29, 0.717) is 12.4 Å². The van der Waals surface area contributed by atoms with E-state index in [2.05, 4.69) is 0 Å². The molecule has 16 heavy (non-hydrogen) atoms. The molecule has 0 radical (unpaired) electrons. The molecule has 2 unspecified atom stereocenters. The zero-order chi connectivity index (χ0) is 12.6. The van der Waals surface area contributed by atoms with E-state index in [-0.39, 0.29) is 5.75 Å². The third kappa shape index (κ3) is 6.94. The number of carbonyl (C=O) groups is 2. The van der Waals surface area contributed by atoms with Gasteiger partial charge in [0.2, 0.25) is 0 Å². The van der Waals surface area contributed by atoms with Crippen molar-refractivity contribution in [3.05, 3.63) is 0 Å². The van der Waals surface area contributed by atoms with Crippen molar-refractivity contribution >= 4 is 33.5 Å². The van der Waals surface area contributed by atoms with Gasteiger partial charge in [-0.3, -0.25) is 9.59 Å². The molecule has 0 aliphatic heterocycles. The van der Waals surface area contributed by atoms with Gasteiger partial charge in [0.15, 0.2) is 0 Å². The molecule has 0 aromatic carbocycles. The van der Waals surface area contributed by atoms with Gasteiger partial charge in [0.05, 0.1) is 6.61 Å². The van der Waals surface area contributed by atoms with Crippen LogP contribution in [0.4, 0.5) is 0 Å². The first kappa shape index (κ1) is 15.6. The molecule has 5 N–H and O–H groups in total. The maximum atomic E-state index is 11.1. The Morgan fingerprint density at radius 1 is 1.25 bits per heavy atom. The van der Waals surface area contributed by atoms with E-state index >= 15 is 0 Å². The lowest BCUT2D eigenvalue weighted by molar-refractivity contribution is -0.144. The fraction of sp³-hybridized carbons (Fsp3) is 0.750. The maximum Gasteiger partial charge on any atom is 0.323 e. The highest BCUT2D eigenvalue weighted by Crippen LogP contribution is 2.22. The lowest BCUT2D eigenvalue weighted by Crippen LogP contribution is -2.35. The molecule has 0 aromatic rings. The molecule has 2 atom stereocenters. The minimum Gasteiger partial charge on any atom is -0.480 e. The van der Waals surface area contributed by atoms with Gasteiger partial charge >= 0.3 is 11.9 Å².